The molecule has 3 amide bonds. The molecule has 2 aliphatic carbocycles. The highest BCUT2D eigenvalue weighted by Crippen LogP contribution is 2.43. The second kappa shape index (κ2) is 23.8. The highest BCUT2D eigenvalue weighted by Gasteiger charge is 2.47. The molecule has 1 saturated carbocycles. The van der Waals surface area contributed by atoms with Crippen molar-refractivity contribution in [2.24, 2.45) is 22.2 Å². The molecule has 3 aromatic carbocycles. The normalized spacial score (nSPS) is 19.3. The van der Waals surface area contributed by atoms with Crippen LogP contribution in [0, 0.1) is 38.0 Å². The van der Waals surface area contributed by atoms with E-state index in [-0.39, 0.29) is 56.1 Å². The zero-order valence-electron chi connectivity index (χ0n) is 45.0. The third-order valence-electron chi connectivity index (χ3n) is 14.9. The van der Waals surface area contributed by atoms with Gasteiger partial charge in [0.25, 0.3) is 0 Å². The molecule has 0 saturated heterocycles. The van der Waals surface area contributed by atoms with Crippen molar-refractivity contribution in [3.8, 4) is 11.3 Å². The molecule has 8 rings (SSSR count). The second-order valence-corrected chi connectivity index (χ2v) is 21.8. The van der Waals surface area contributed by atoms with Gasteiger partial charge in [0.15, 0.2) is 11.6 Å². The van der Waals surface area contributed by atoms with E-state index in [1.54, 1.807) is 0 Å². The largest absolute Gasteiger partial charge is 0.393 e. The fraction of sp³-hybridized carbons (Fsp3) is 0.450. The standard InChI is InChI=1S/C60H74N8O7/c1-35-11-17-45(18-12-35)55-53-38(4)37(3)29-50(53)68-40(6)66-67-58(68)49(64-55)32-51(70)63-39(5)43-19-13-41(14-20-43)24-28-74-26-10-27-75-34-52(71)65-57(60(7,8)9)56(72)47-30-46(69)31-48(47)59(73)62-33-42-15-21-44(22-16-42)54-36(2)23-25-61-54/h11-23,25,39,46-49,57,61,69H,10,24,26-34H2,1-9H3,(H,62,73)(H,63,70)(H,65,71)/t39?,46?,47?,48?,49?,57-/m1/s1. The van der Waals surface area contributed by atoms with E-state index in [0.717, 1.165) is 68.3 Å². The van der Waals surface area contributed by atoms with Gasteiger partial charge >= 0.3 is 0 Å². The van der Waals surface area contributed by atoms with Crippen molar-refractivity contribution in [2.75, 3.05) is 26.4 Å². The molecule has 3 heterocycles. The van der Waals surface area contributed by atoms with Gasteiger partial charge < -0.3 is 35.5 Å². The maximum Gasteiger partial charge on any atom is 0.246 e. The number of carbonyl (C=O) groups is 4. The fourth-order valence-electron chi connectivity index (χ4n) is 10.5. The van der Waals surface area contributed by atoms with E-state index in [4.69, 9.17) is 14.5 Å². The van der Waals surface area contributed by atoms with E-state index < -0.39 is 41.3 Å². The Balaban J connectivity index is 0.748. The molecule has 0 radical (unpaired) electrons. The lowest BCUT2D eigenvalue weighted by atomic mass is 9.77. The minimum absolute atomic E-state index is 0.121. The number of aromatic amines is 1. The first-order chi connectivity index (χ1) is 35.9. The number of ether oxygens (including phenoxy) is 2. The van der Waals surface area contributed by atoms with Crippen molar-refractivity contribution >= 4 is 34.9 Å². The van der Waals surface area contributed by atoms with Crippen molar-refractivity contribution < 1.29 is 33.8 Å². The summed E-state index contributed by atoms with van der Waals surface area (Å²) in [5.41, 5.74) is 13.3. The molecule has 5 unspecified atom stereocenters. The van der Waals surface area contributed by atoms with Crippen molar-refractivity contribution in [1.82, 2.24) is 35.7 Å². The van der Waals surface area contributed by atoms with E-state index in [1.165, 1.54) is 16.7 Å². The summed E-state index contributed by atoms with van der Waals surface area (Å²) in [5.74, 6) is -1.12. The van der Waals surface area contributed by atoms with Gasteiger partial charge in [0.1, 0.15) is 18.5 Å². The van der Waals surface area contributed by atoms with Crippen LogP contribution in [0.1, 0.15) is 131 Å². The smallest absolute Gasteiger partial charge is 0.246 e. The summed E-state index contributed by atoms with van der Waals surface area (Å²) in [6.45, 7) is 19.3. The molecule has 6 atom stereocenters. The average molecular weight is 1020 g/mol. The number of benzene rings is 3. The number of aromatic nitrogens is 4. The monoisotopic (exact) mass is 1020 g/mol. The van der Waals surface area contributed by atoms with Crippen LogP contribution in [0.4, 0.5) is 0 Å². The van der Waals surface area contributed by atoms with Gasteiger partial charge in [-0.15, -0.1) is 10.2 Å². The first-order valence-electron chi connectivity index (χ1n) is 26.4. The van der Waals surface area contributed by atoms with Gasteiger partial charge in [-0.25, -0.2) is 0 Å². The highest BCUT2D eigenvalue weighted by molar-refractivity contribution is 6.19. The van der Waals surface area contributed by atoms with Crippen LogP contribution in [0.3, 0.4) is 0 Å². The third-order valence-corrected chi connectivity index (χ3v) is 14.9. The van der Waals surface area contributed by atoms with Gasteiger partial charge in [-0.3, -0.25) is 28.7 Å². The van der Waals surface area contributed by atoms with Gasteiger partial charge in [0.2, 0.25) is 17.7 Å². The van der Waals surface area contributed by atoms with E-state index in [1.807, 2.05) is 90.2 Å². The Bertz CT molecular complexity index is 2960. The van der Waals surface area contributed by atoms with Crippen molar-refractivity contribution in [2.45, 2.75) is 132 Å². The van der Waals surface area contributed by atoms with Crippen molar-refractivity contribution in [3.63, 3.8) is 0 Å². The van der Waals surface area contributed by atoms with Crippen LogP contribution in [0.2, 0.25) is 0 Å². The summed E-state index contributed by atoms with van der Waals surface area (Å²) in [6.07, 6.45) is 3.61. The van der Waals surface area contributed by atoms with Crippen LogP contribution in [-0.4, -0.2) is 92.6 Å². The van der Waals surface area contributed by atoms with Gasteiger partial charge in [-0.2, -0.15) is 0 Å². The van der Waals surface area contributed by atoms with Gasteiger partial charge in [-0.1, -0.05) is 105 Å². The number of aliphatic hydroxyl groups excluding tert-OH is 1. The molecule has 0 spiro atoms. The minimum Gasteiger partial charge on any atom is -0.393 e. The Morgan fingerprint density at radius 2 is 1.48 bits per heavy atom. The number of amides is 3. The summed E-state index contributed by atoms with van der Waals surface area (Å²) < 4.78 is 13.7. The van der Waals surface area contributed by atoms with E-state index in [2.05, 4.69) is 92.9 Å². The molecule has 0 bridgehead atoms. The molecule has 3 aliphatic rings. The molecule has 15 heteroatoms. The number of nitrogens with zero attached hydrogens (tertiary/aromatic N) is 4. The predicted octanol–water partition coefficient (Wildman–Crippen LogP) is 8.73. The summed E-state index contributed by atoms with van der Waals surface area (Å²) in [7, 11) is 0. The number of aliphatic imine (C=N–C) groups is 1. The molecule has 1 aliphatic heterocycles. The van der Waals surface area contributed by atoms with Crippen LogP contribution in [-0.2, 0) is 41.6 Å². The lowest BCUT2D eigenvalue weighted by Gasteiger charge is -2.33. The molecule has 15 nitrogen and oxygen atoms in total. The number of allylic oxidation sites excluding steroid dienone is 4. The first-order valence-corrected chi connectivity index (χ1v) is 26.4. The fourth-order valence-corrected chi connectivity index (χ4v) is 10.5. The molecular formula is C60H74N8O7. The van der Waals surface area contributed by atoms with Crippen LogP contribution in [0.25, 0.3) is 17.0 Å². The SMILES string of the molecule is CC1=C(C)C2=C(C1)n1c(C)nnc1C(CC(=O)NC(C)c1ccc(CCOCCCOCC(=O)N[C@H](C(=O)C3CC(O)CC3C(=O)NCc3ccc(-c4[nH]ccc4C)cc3)C(C)(C)C)cc1)N=C2c1ccc(C)cc1. The topological polar surface area (TPSA) is 202 Å². The van der Waals surface area contributed by atoms with Crippen LogP contribution in [0.5, 0.6) is 0 Å². The number of ketones is 1. The van der Waals surface area contributed by atoms with E-state index in [0.29, 0.717) is 38.5 Å². The Morgan fingerprint density at radius 1 is 0.800 bits per heavy atom. The van der Waals surface area contributed by atoms with Gasteiger partial charge in [-0.05, 0) is 112 Å². The Labute approximate surface area is 441 Å². The molecular weight excluding hydrogens is 945 g/mol. The summed E-state index contributed by atoms with van der Waals surface area (Å²) in [4.78, 5) is 63.1. The Morgan fingerprint density at radius 3 is 2.17 bits per heavy atom. The van der Waals surface area contributed by atoms with Crippen LogP contribution >= 0.6 is 0 Å². The number of Topliss-reactive ketones (excluding diaryl/α,β-unsaturated/α-hetero) is 1. The summed E-state index contributed by atoms with van der Waals surface area (Å²) in [6, 6.07) is 24.9. The summed E-state index contributed by atoms with van der Waals surface area (Å²) in [5, 5.41) is 28.7. The molecule has 396 valence electrons. The Kier molecular flexibility index (Phi) is 17.3. The number of carbonyl (C=O) groups excluding carboxylic acids is 4. The zero-order chi connectivity index (χ0) is 53.6. The minimum atomic E-state index is -0.882. The molecule has 5 aromatic rings. The molecule has 2 aromatic heterocycles. The first kappa shape index (κ1) is 54.5. The lowest BCUT2D eigenvalue weighted by Crippen LogP contribution is -2.53. The van der Waals surface area contributed by atoms with Gasteiger partial charge in [0, 0.05) is 60.8 Å². The van der Waals surface area contributed by atoms with Crippen LogP contribution < -0.4 is 16.0 Å². The average Bonchev–Trinajstić information content (AvgIpc) is 4.17. The molecule has 5 N–H and O–H groups in total. The second-order valence-electron chi connectivity index (χ2n) is 21.8. The maximum atomic E-state index is 14.1. The zero-order valence-corrected chi connectivity index (χ0v) is 45.0. The summed E-state index contributed by atoms with van der Waals surface area (Å²) >= 11 is 0. The maximum absolute atomic E-state index is 14.1. The molecule has 1 fully saturated rings. The number of aryl methyl sites for hydroxylation is 3. The number of fused-ring (bicyclic) bond motifs is 2. The lowest BCUT2D eigenvalue weighted by molar-refractivity contribution is -0.138. The van der Waals surface area contributed by atoms with Gasteiger partial charge in [0.05, 0.1) is 42.8 Å². The number of hydrogen-bond acceptors (Lipinski definition) is 10. The van der Waals surface area contributed by atoms with E-state index >= 15 is 0 Å². The van der Waals surface area contributed by atoms with E-state index in [9.17, 15) is 24.3 Å². The predicted molar refractivity (Wildman–Crippen MR) is 290 cm³/mol. The number of nitrogens with one attached hydrogen (secondary N) is 4. The molecule has 75 heavy (non-hydrogen) atoms. The van der Waals surface area contributed by atoms with Crippen molar-refractivity contribution in [1.29, 1.82) is 0 Å². The Hall–Kier alpha value is -6.81. The number of rotatable bonds is 21. The van der Waals surface area contributed by atoms with Crippen LogP contribution in [0.15, 0.2) is 107 Å². The number of H-pyrrole nitrogens is 1. The quantitative estimate of drug-likeness (QED) is 0.0446. The number of hydrogen-bond donors (Lipinski definition) is 5. The van der Waals surface area contributed by atoms with Crippen molar-refractivity contribution in [3.05, 3.63) is 147 Å². The third kappa shape index (κ3) is 13.0. The number of aliphatic hydroxyl groups is 1. The highest BCUT2D eigenvalue weighted by atomic mass is 16.5.